The summed E-state index contributed by atoms with van der Waals surface area (Å²) >= 11 is 0. The van der Waals surface area contributed by atoms with Gasteiger partial charge in [-0.15, -0.1) is 0 Å². The molecule has 6 heteroatoms. The van der Waals surface area contributed by atoms with Crippen LogP contribution >= 0.6 is 0 Å². The van der Waals surface area contributed by atoms with Gasteiger partial charge in [0.15, 0.2) is 0 Å². The van der Waals surface area contributed by atoms with Crippen LogP contribution in [0.2, 0.25) is 0 Å². The second-order valence-electron chi connectivity index (χ2n) is 7.70. The van der Waals surface area contributed by atoms with Crippen molar-refractivity contribution in [3.8, 4) is 0 Å². The average Bonchev–Trinajstić information content (AvgIpc) is 3.17. The lowest BCUT2D eigenvalue weighted by Gasteiger charge is -2.43. The summed E-state index contributed by atoms with van der Waals surface area (Å²) in [5, 5.41) is 10.6. The maximum atomic E-state index is 12.8. The molecule has 0 bridgehead atoms. The van der Waals surface area contributed by atoms with Crippen molar-refractivity contribution in [2.75, 3.05) is 31.7 Å². The number of hydrogen-bond donors (Lipinski definition) is 1. The fourth-order valence-electron chi connectivity index (χ4n) is 4.18. The number of anilines is 1. The second-order valence-corrected chi connectivity index (χ2v) is 7.70. The molecule has 1 aromatic carbocycles. The number of amides is 1. The molecule has 29 heavy (non-hydrogen) atoms. The van der Waals surface area contributed by atoms with E-state index >= 15 is 0 Å². The van der Waals surface area contributed by atoms with E-state index in [0.29, 0.717) is 25.3 Å². The molecule has 3 unspecified atom stereocenters. The monoisotopic (exact) mass is 400 g/mol. The molecule has 1 aliphatic heterocycles. The number of aliphatic hydroxyl groups excluding tert-OH is 1. The minimum absolute atomic E-state index is 0.115. The van der Waals surface area contributed by atoms with Crippen LogP contribution in [-0.2, 0) is 9.53 Å². The highest BCUT2D eigenvalue weighted by molar-refractivity contribution is 5.93. The summed E-state index contributed by atoms with van der Waals surface area (Å²) in [6, 6.07) is 13.8. The van der Waals surface area contributed by atoms with Gasteiger partial charge in [-0.25, -0.2) is 0 Å². The Morgan fingerprint density at radius 2 is 2.07 bits per heavy atom. The lowest BCUT2D eigenvalue weighted by atomic mass is 9.94. The van der Waals surface area contributed by atoms with Crippen molar-refractivity contribution in [2.24, 2.45) is 0 Å². The smallest absolute Gasteiger partial charge is 0.226 e. The minimum atomic E-state index is -0.679. The highest BCUT2D eigenvalue weighted by Gasteiger charge is 2.35. The Kier molecular flexibility index (Phi) is 7.47. The lowest BCUT2D eigenvalue weighted by Crippen LogP contribution is -2.54. The Morgan fingerprint density at radius 1 is 1.31 bits per heavy atom. The lowest BCUT2D eigenvalue weighted by molar-refractivity contribution is -0.119. The molecule has 3 atom stereocenters. The zero-order valence-electron chi connectivity index (χ0n) is 17.6. The fourth-order valence-corrected chi connectivity index (χ4v) is 4.18. The molecule has 1 fully saturated rings. The third-order valence-corrected chi connectivity index (χ3v) is 5.64. The number of piperidine rings is 1. The van der Waals surface area contributed by atoms with Crippen LogP contribution < -0.4 is 4.90 Å². The first-order valence-corrected chi connectivity index (χ1v) is 10.4. The average molecular weight is 401 g/mol. The Morgan fingerprint density at radius 3 is 2.69 bits per heavy atom. The number of rotatable bonds is 8. The molecule has 0 radical (unpaired) electrons. The standard InChI is InChI=1S/C23H32N2O4/c1-4-23(27)25(18-8-6-5-7-9-18)19-12-13-24(20(14-19)16-28-3)15-21(26)22-11-10-17(2)29-22/h5-11,19-21,26H,4,12-16H2,1-3H3. The van der Waals surface area contributed by atoms with Gasteiger partial charge in [-0.2, -0.15) is 0 Å². The number of methoxy groups -OCH3 is 1. The molecular formula is C23H32N2O4. The predicted octanol–water partition coefficient (Wildman–Crippen LogP) is 3.54. The zero-order valence-corrected chi connectivity index (χ0v) is 17.6. The minimum Gasteiger partial charge on any atom is -0.464 e. The predicted molar refractivity (Wildman–Crippen MR) is 113 cm³/mol. The van der Waals surface area contributed by atoms with Crippen LogP contribution in [0.3, 0.4) is 0 Å². The number of likely N-dealkylation sites (tertiary alicyclic amines) is 1. The van der Waals surface area contributed by atoms with E-state index in [1.165, 1.54) is 0 Å². The highest BCUT2D eigenvalue weighted by Crippen LogP contribution is 2.29. The molecule has 1 saturated heterocycles. The third-order valence-electron chi connectivity index (χ3n) is 5.64. The summed E-state index contributed by atoms with van der Waals surface area (Å²) in [5.74, 6) is 1.52. The topological polar surface area (TPSA) is 66.2 Å². The van der Waals surface area contributed by atoms with E-state index in [9.17, 15) is 9.90 Å². The number of aryl methyl sites for hydroxylation is 1. The van der Waals surface area contributed by atoms with Crippen molar-refractivity contribution in [1.29, 1.82) is 0 Å². The van der Waals surface area contributed by atoms with Crippen LogP contribution in [0.5, 0.6) is 0 Å². The van der Waals surface area contributed by atoms with Crippen LogP contribution in [0.15, 0.2) is 46.9 Å². The molecule has 0 aliphatic carbocycles. The van der Waals surface area contributed by atoms with Gasteiger partial charge in [0.05, 0.1) is 6.61 Å². The Balaban J connectivity index is 1.73. The molecule has 3 rings (SSSR count). The Hall–Kier alpha value is -2.15. The van der Waals surface area contributed by atoms with E-state index < -0.39 is 6.10 Å². The van der Waals surface area contributed by atoms with E-state index in [0.717, 1.165) is 30.8 Å². The number of β-amino-alcohol motifs (C(OH)–C–C–N with tert-alkyl or cyclic N) is 1. The first-order chi connectivity index (χ1) is 14.0. The van der Waals surface area contributed by atoms with E-state index in [2.05, 4.69) is 4.90 Å². The maximum Gasteiger partial charge on any atom is 0.226 e. The number of nitrogens with zero attached hydrogens (tertiary/aromatic N) is 2. The molecular weight excluding hydrogens is 368 g/mol. The SMILES string of the molecule is CCC(=O)N(c1ccccc1)C1CCN(CC(O)c2ccc(C)o2)C(COC)C1. The van der Waals surface area contributed by atoms with Crippen molar-refractivity contribution >= 4 is 11.6 Å². The molecule has 158 valence electrons. The number of carbonyl (C=O) groups is 1. The number of furan rings is 1. The van der Waals surface area contributed by atoms with Crippen LogP contribution in [0.4, 0.5) is 5.69 Å². The van der Waals surface area contributed by atoms with E-state index in [1.54, 1.807) is 7.11 Å². The van der Waals surface area contributed by atoms with Gasteiger partial charge in [-0.1, -0.05) is 25.1 Å². The van der Waals surface area contributed by atoms with Crippen molar-refractivity contribution in [2.45, 2.75) is 51.3 Å². The molecule has 1 aliphatic rings. The molecule has 1 amide bonds. The van der Waals surface area contributed by atoms with E-state index in [-0.39, 0.29) is 18.0 Å². The molecule has 0 spiro atoms. The molecule has 1 N–H and O–H groups in total. The number of ether oxygens (including phenoxy) is 1. The molecule has 2 aromatic rings. The highest BCUT2D eigenvalue weighted by atomic mass is 16.5. The Labute approximate surface area is 173 Å². The Bertz CT molecular complexity index is 776. The summed E-state index contributed by atoms with van der Waals surface area (Å²) in [5.41, 5.74) is 0.945. The molecule has 6 nitrogen and oxygen atoms in total. The summed E-state index contributed by atoms with van der Waals surface area (Å²) in [6.45, 7) is 5.61. The van der Waals surface area contributed by atoms with Gasteiger partial charge in [0.2, 0.25) is 5.91 Å². The molecule has 0 saturated carbocycles. The summed E-state index contributed by atoms with van der Waals surface area (Å²) in [4.78, 5) is 17.0. The number of para-hydroxylation sites is 1. The van der Waals surface area contributed by atoms with Crippen molar-refractivity contribution < 1.29 is 19.1 Å². The van der Waals surface area contributed by atoms with Gasteiger partial charge < -0.3 is 19.2 Å². The molecule has 2 heterocycles. The van der Waals surface area contributed by atoms with Crippen molar-refractivity contribution in [3.63, 3.8) is 0 Å². The summed E-state index contributed by atoms with van der Waals surface area (Å²) in [6.07, 6.45) is 1.45. The van der Waals surface area contributed by atoms with Crippen LogP contribution in [-0.4, -0.2) is 54.8 Å². The normalized spacial score (nSPS) is 21.1. The van der Waals surface area contributed by atoms with Crippen LogP contribution in [0, 0.1) is 6.92 Å². The van der Waals surface area contributed by atoms with Gasteiger partial charge in [0.1, 0.15) is 17.6 Å². The van der Waals surface area contributed by atoms with E-state index in [1.807, 2.05) is 61.2 Å². The quantitative estimate of drug-likeness (QED) is 0.734. The largest absolute Gasteiger partial charge is 0.464 e. The summed E-state index contributed by atoms with van der Waals surface area (Å²) < 4.78 is 11.1. The number of aliphatic hydroxyl groups is 1. The van der Waals surface area contributed by atoms with Gasteiger partial charge in [0.25, 0.3) is 0 Å². The summed E-state index contributed by atoms with van der Waals surface area (Å²) in [7, 11) is 1.69. The van der Waals surface area contributed by atoms with Crippen LogP contribution in [0.1, 0.15) is 43.8 Å². The number of benzene rings is 1. The van der Waals surface area contributed by atoms with Crippen LogP contribution in [0.25, 0.3) is 0 Å². The van der Waals surface area contributed by atoms with Crippen molar-refractivity contribution in [1.82, 2.24) is 4.90 Å². The maximum absolute atomic E-state index is 12.8. The third kappa shape index (κ3) is 5.26. The van der Waals surface area contributed by atoms with Gasteiger partial charge in [0, 0.05) is 44.4 Å². The van der Waals surface area contributed by atoms with Gasteiger partial charge >= 0.3 is 0 Å². The zero-order chi connectivity index (χ0) is 20.8. The van der Waals surface area contributed by atoms with E-state index in [4.69, 9.17) is 9.15 Å². The van der Waals surface area contributed by atoms with Crippen molar-refractivity contribution in [3.05, 3.63) is 54.0 Å². The first-order valence-electron chi connectivity index (χ1n) is 10.4. The fraction of sp³-hybridized carbons (Fsp3) is 0.522. The van der Waals surface area contributed by atoms with Gasteiger partial charge in [-0.05, 0) is 44.0 Å². The number of hydrogen-bond acceptors (Lipinski definition) is 5. The number of carbonyl (C=O) groups excluding carboxylic acids is 1. The molecule has 1 aromatic heterocycles. The van der Waals surface area contributed by atoms with Gasteiger partial charge in [-0.3, -0.25) is 9.69 Å². The second kappa shape index (κ2) is 10.1. The first kappa shape index (κ1) is 21.6.